The fourth-order valence-electron chi connectivity index (χ4n) is 9.23. The van der Waals surface area contributed by atoms with E-state index in [9.17, 15) is 0 Å². The first-order chi connectivity index (χ1) is 21.8. The molecule has 4 aromatic rings. The molecule has 9 rings (SSSR count). The second-order valence-corrected chi connectivity index (χ2v) is 18.0. The van der Waals surface area contributed by atoms with Gasteiger partial charge in [0.1, 0.15) is 0 Å². The molecule has 0 heterocycles. The fraction of sp³-hybridized carbons (Fsp3) is 0.467. The van der Waals surface area contributed by atoms with Crippen molar-refractivity contribution in [2.24, 2.45) is 23.2 Å². The topological polar surface area (TPSA) is 0 Å². The zero-order chi connectivity index (χ0) is 32.7. The van der Waals surface area contributed by atoms with Crippen LogP contribution in [0.15, 0.2) is 90.0 Å². The van der Waals surface area contributed by atoms with Crippen molar-refractivity contribution in [2.75, 3.05) is 0 Å². The molecule has 0 atom stereocenters. The molecule has 0 nitrogen and oxygen atoms in total. The molecule has 0 N–H and O–H groups in total. The standard InChI is InChI=1S/C21H25.C16H21.C8H8.2ClH.Zr/c1-20(2,3)16-9-7-14-11-15-8-10-17(21(4,5)6)13-19(15)18(14)12-16;1-11-3-2-4-15(11)16-8-12-5-13(9-16)7-14(6-12)10-16;1-2-8-6-4-3-5-7-8;;;/h7-13H,1-6H3;3,12-14H,2,5-10H2,1H3;1,3-7H,2H2;2*1H;/q2*-1;;;;+2/p-2. The van der Waals surface area contributed by atoms with E-state index in [1.807, 2.05) is 6.07 Å². The molecule has 0 unspecified atom stereocenters. The van der Waals surface area contributed by atoms with E-state index in [2.05, 4.69) is 131 Å². The van der Waals surface area contributed by atoms with E-state index < -0.39 is 0 Å². The van der Waals surface area contributed by atoms with Crippen molar-refractivity contribution in [1.29, 1.82) is 0 Å². The molecule has 0 spiro atoms. The second-order valence-electron chi connectivity index (χ2n) is 17.0. The van der Waals surface area contributed by atoms with Crippen LogP contribution in [0, 0.1) is 29.2 Å². The Bertz CT molecular complexity index is 1650. The average molecular weight is 757 g/mol. The summed E-state index contributed by atoms with van der Waals surface area (Å²) in [6, 6.07) is 26.7. The van der Waals surface area contributed by atoms with Crippen molar-refractivity contribution in [3.05, 3.63) is 113 Å². The van der Waals surface area contributed by atoms with Gasteiger partial charge in [0, 0.05) is 0 Å². The van der Waals surface area contributed by atoms with Crippen LogP contribution in [-0.2, 0) is 41.5 Å². The van der Waals surface area contributed by atoms with Crippen molar-refractivity contribution >= 4 is 25.3 Å². The molecule has 3 heteroatoms. The number of fused-ring (bicyclic) bond motifs is 3. The monoisotopic (exact) mass is 754 g/mol. The molecule has 0 amide bonds. The molecule has 4 bridgehead atoms. The molecule has 4 fully saturated rings. The van der Waals surface area contributed by atoms with E-state index in [4.69, 9.17) is 0 Å². The summed E-state index contributed by atoms with van der Waals surface area (Å²) in [5, 5.41) is 5.49. The van der Waals surface area contributed by atoms with Gasteiger partial charge in [0.05, 0.1) is 0 Å². The molecule has 48 heavy (non-hydrogen) atoms. The molecular formula is C45H54Cl2Zr-2. The summed E-state index contributed by atoms with van der Waals surface area (Å²) in [7, 11) is 0. The van der Waals surface area contributed by atoms with Crippen molar-refractivity contribution in [2.45, 2.75) is 111 Å². The molecule has 254 valence electrons. The Morgan fingerprint density at radius 1 is 0.750 bits per heavy atom. The van der Waals surface area contributed by atoms with Crippen molar-refractivity contribution in [3.63, 3.8) is 0 Å². The van der Waals surface area contributed by atoms with Gasteiger partial charge in [-0.05, 0) is 72.5 Å². The third-order valence-electron chi connectivity index (χ3n) is 11.3. The Kier molecular flexibility index (Phi) is 12.8. The first kappa shape index (κ1) is 39.1. The molecule has 4 aromatic carbocycles. The zero-order valence-corrected chi connectivity index (χ0v) is 34.2. The third-order valence-corrected chi connectivity index (χ3v) is 11.8. The normalized spacial score (nSPS) is 24.0. The summed E-state index contributed by atoms with van der Waals surface area (Å²) in [5.41, 5.74) is 8.40. The van der Waals surface area contributed by atoms with Crippen LogP contribution < -0.4 is 24.8 Å². The van der Waals surface area contributed by atoms with Crippen LogP contribution in [-0.4, -0.2) is 3.71 Å². The van der Waals surface area contributed by atoms with Crippen LogP contribution in [0.2, 0.25) is 0 Å². The third kappa shape index (κ3) is 8.61. The van der Waals surface area contributed by atoms with Crippen LogP contribution in [0.5, 0.6) is 0 Å². The van der Waals surface area contributed by atoms with E-state index in [1.165, 1.54) is 81.7 Å². The van der Waals surface area contributed by atoms with Gasteiger partial charge in [0.2, 0.25) is 0 Å². The first-order valence-electron chi connectivity index (χ1n) is 17.8. The SMILES string of the molecule is CC(C)(C)c1ccc2[cH-]c3ccc(C(C)(C)C)cc3c2c1.CC1=CC[C-]=C1C12CC3CC(CC(C3)C1)C2.[Cl-].[Cl-].[Zr+2]=[CH]Cc1ccccc1. The number of hydrogen-bond donors (Lipinski definition) is 0. The molecule has 0 radical (unpaired) electrons. The van der Waals surface area contributed by atoms with Crippen molar-refractivity contribution in [1.82, 2.24) is 0 Å². The summed E-state index contributed by atoms with van der Waals surface area (Å²) >= 11 is 1.51. The Balaban J connectivity index is 0.000000171. The molecular weight excluding hydrogens is 703 g/mol. The minimum atomic E-state index is 0. The predicted molar refractivity (Wildman–Crippen MR) is 196 cm³/mol. The van der Waals surface area contributed by atoms with Gasteiger partial charge in [-0.3, -0.25) is 6.08 Å². The number of rotatable bonds is 3. The van der Waals surface area contributed by atoms with Gasteiger partial charge in [0.25, 0.3) is 0 Å². The summed E-state index contributed by atoms with van der Waals surface area (Å²) in [6.45, 7) is 16.0. The summed E-state index contributed by atoms with van der Waals surface area (Å²) in [5.74, 6) is 3.19. The minimum absolute atomic E-state index is 0. The van der Waals surface area contributed by atoms with Crippen molar-refractivity contribution in [3.8, 4) is 0 Å². The van der Waals surface area contributed by atoms with Crippen LogP contribution in [0.4, 0.5) is 0 Å². The van der Waals surface area contributed by atoms with Gasteiger partial charge in [-0.2, -0.15) is 6.08 Å². The van der Waals surface area contributed by atoms with Crippen LogP contribution in [0.3, 0.4) is 0 Å². The van der Waals surface area contributed by atoms with Crippen LogP contribution >= 0.6 is 0 Å². The summed E-state index contributed by atoms with van der Waals surface area (Å²) < 4.78 is 2.25. The number of hydrogen-bond acceptors (Lipinski definition) is 0. The Labute approximate surface area is 318 Å². The summed E-state index contributed by atoms with van der Waals surface area (Å²) in [4.78, 5) is 0. The zero-order valence-electron chi connectivity index (χ0n) is 30.2. The van der Waals surface area contributed by atoms with E-state index in [1.54, 1.807) is 30.4 Å². The number of halogens is 2. The van der Waals surface area contributed by atoms with Crippen molar-refractivity contribution < 1.29 is 49.0 Å². The Morgan fingerprint density at radius 2 is 1.23 bits per heavy atom. The maximum absolute atomic E-state index is 3.69. The van der Waals surface area contributed by atoms with Gasteiger partial charge in [0.15, 0.2) is 0 Å². The van der Waals surface area contributed by atoms with E-state index >= 15 is 0 Å². The Morgan fingerprint density at radius 3 is 1.62 bits per heavy atom. The number of allylic oxidation sites excluding steroid dienone is 4. The van der Waals surface area contributed by atoms with E-state index in [0.29, 0.717) is 5.41 Å². The molecule has 5 aliphatic carbocycles. The van der Waals surface area contributed by atoms with Gasteiger partial charge < -0.3 is 24.8 Å². The van der Waals surface area contributed by atoms with Gasteiger partial charge in [-0.1, -0.05) is 76.9 Å². The van der Waals surface area contributed by atoms with Gasteiger partial charge >= 0.3 is 70.3 Å². The fourth-order valence-corrected chi connectivity index (χ4v) is 9.81. The van der Waals surface area contributed by atoms with E-state index in [-0.39, 0.29) is 35.6 Å². The van der Waals surface area contributed by atoms with Crippen LogP contribution in [0.25, 0.3) is 21.5 Å². The molecule has 5 aliphatic rings. The summed E-state index contributed by atoms with van der Waals surface area (Å²) in [6.07, 6.45) is 17.4. The predicted octanol–water partition coefficient (Wildman–Crippen LogP) is 6.18. The van der Waals surface area contributed by atoms with Gasteiger partial charge in [-0.15, -0.1) is 53.1 Å². The van der Waals surface area contributed by atoms with Gasteiger partial charge in [-0.25, -0.2) is 11.1 Å². The molecule has 4 saturated carbocycles. The maximum atomic E-state index is 3.69. The number of benzene rings is 3. The first-order valence-corrected chi connectivity index (χ1v) is 19.2. The molecule has 0 saturated heterocycles. The molecule has 0 aliphatic heterocycles. The van der Waals surface area contributed by atoms with E-state index in [0.717, 1.165) is 30.6 Å². The quantitative estimate of drug-likeness (QED) is 0.220. The molecule has 0 aromatic heterocycles. The second kappa shape index (κ2) is 15.7. The Hall–Kier alpha value is -1.66. The van der Waals surface area contributed by atoms with Crippen LogP contribution in [0.1, 0.15) is 110 Å². The average Bonchev–Trinajstić information content (AvgIpc) is 3.60.